The number of carbonyl (C=O) groups excluding carboxylic acids is 1. The van der Waals surface area contributed by atoms with E-state index in [9.17, 15) is 31.1 Å². The lowest BCUT2D eigenvalue weighted by atomic mass is 9.91. The van der Waals surface area contributed by atoms with Crippen LogP contribution in [0.3, 0.4) is 0 Å². The minimum Gasteiger partial charge on any atom is -0.434 e. The SMILES string of the molecule is CC(C)(COC(=O)OCC(C)(C)Cc1nc2cc(C(F)(F)F)ccc2s1)Cc1nc2cc(C(F)(F)F)ccc2s1. The topological polar surface area (TPSA) is 61.3 Å². The number of fused-ring (bicyclic) bond motifs is 2. The van der Waals surface area contributed by atoms with Gasteiger partial charge in [0.05, 0.1) is 41.6 Å². The van der Waals surface area contributed by atoms with Crippen LogP contribution in [0.5, 0.6) is 0 Å². The highest BCUT2D eigenvalue weighted by molar-refractivity contribution is 7.18. The van der Waals surface area contributed by atoms with Crippen LogP contribution in [0.2, 0.25) is 0 Å². The van der Waals surface area contributed by atoms with Gasteiger partial charge in [0.2, 0.25) is 0 Å². The smallest absolute Gasteiger partial charge is 0.434 e. The summed E-state index contributed by atoms with van der Waals surface area (Å²) >= 11 is 2.57. The molecule has 5 nitrogen and oxygen atoms in total. The second-order valence-electron chi connectivity index (χ2n) is 11.1. The van der Waals surface area contributed by atoms with Crippen molar-refractivity contribution in [2.45, 2.75) is 52.9 Å². The zero-order chi connectivity index (χ0) is 29.5. The molecule has 0 unspecified atom stereocenters. The fourth-order valence-electron chi connectivity index (χ4n) is 3.93. The predicted octanol–water partition coefficient (Wildman–Crippen LogP) is 8.93. The van der Waals surface area contributed by atoms with E-state index in [0.717, 1.165) is 24.3 Å². The second-order valence-corrected chi connectivity index (χ2v) is 13.3. The summed E-state index contributed by atoms with van der Waals surface area (Å²) in [5.74, 6) is 0. The molecule has 0 bridgehead atoms. The maximum absolute atomic E-state index is 13.0. The largest absolute Gasteiger partial charge is 0.508 e. The number of rotatable bonds is 8. The molecular formula is C27H26F6N2O3S2. The summed E-state index contributed by atoms with van der Waals surface area (Å²) in [6.07, 6.45) is -9.02. The van der Waals surface area contributed by atoms with E-state index in [0.29, 0.717) is 32.3 Å². The van der Waals surface area contributed by atoms with Gasteiger partial charge in [-0.25, -0.2) is 14.8 Å². The summed E-state index contributed by atoms with van der Waals surface area (Å²) in [4.78, 5) is 21.0. The van der Waals surface area contributed by atoms with E-state index < -0.39 is 40.5 Å². The van der Waals surface area contributed by atoms with Crippen molar-refractivity contribution in [3.8, 4) is 0 Å². The molecule has 0 aliphatic carbocycles. The maximum atomic E-state index is 13.0. The van der Waals surface area contributed by atoms with Gasteiger partial charge in [0, 0.05) is 23.7 Å². The summed E-state index contributed by atoms with van der Waals surface area (Å²) < 4.78 is 89.8. The summed E-state index contributed by atoms with van der Waals surface area (Å²) in [6, 6.07) is 6.89. The van der Waals surface area contributed by atoms with Gasteiger partial charge >= 0.3 is 18.5 Å². The average molecular weight is 605 g/mol. The average Bonchev–Trinajstić information content (AvgIpc) is 3.40. The third kappa shape index (κ3) is 7.62. The van der Waals surface area contributed by atoms with Crippen molar-refractivity contribution in [3.05, 3.63) is 57.5 Å². The van der Waals surface area contributed by atoms with Gasteiger partial charge in [0.15, 0.2) is 0 Å². The van der Waals surface area contributed by atoms with E-state index in [2.05, 4.69) is 9.97 Å². The first-order valence-corrected chi connectivity index (χ1v) is 13.8. The quantitative estimate of drug-likeness (QED) is 0.148. The van der Waals surface area contributed by atoms with Crippen LogP contribution >= 0.6 is 22.7 Å². The van der Waals surface area contributed by atoms with E-state index in [-0.39, 0.29) is 24.2 Å². The Bertz CT molecular complexity index is 1410. The van der Waals surface area contributed by atoms with Gasteiger partial charge < -0.3 is 9.47 Å². The molecule has 0 N–H and O–H groups in total. The van der Waals surface area contributed by atoms with Crippen molar-refractivity contribution in [3.63, 3.8) is 0 Å². The first kappa shape index (κ1) is 30.0. The molecule has 13 heteroatoms. The Morgan fingerprint density at radius 2 is 1.07 bits per heavy atom. The number of hydrogen-bond acceptors (Lipinski definition) is 7. The standard InChI is InChI=1S/C27H26F6N2O3S2/c1-24(2,11-21-34-17-9-15(26(28,29)30)5-7-19(17)39-21)13-37-23(36)38-14-25(3,4)12-22-35-18-10-16(27(31,32)33)6-8-20(18)40-22/h5-10H,11-14H2,1-4H3. The molecule has 4 aromatic rings. The highest BCUT2D eigenvalue weighted by atomic mass is 32.1. The second kappa shape index (κ2) is 10.8. The van der Waals surface area contributed by atoms with E-state index in [1.165, 1.54) is 34.8 Å². The van der Waals surface area contributed by atoms with Crippen molar-refractivity contribution in [2.24, 2.45) is 10.8 Å². The van der Waals surface area contributed by atoms with Crippen LogP contribution in [0.15, 0.2) is 36.4 Å². The number of aromatic nitrogens is 2. The van der Waals surface area contributed by atoms with Gasteiger partial charge in [-0.05, 0) is 36.4 Å². The van der Waals surface area contributed by atoms with Gasteiger partial charge in [0.1, 0.15) is 13.2 Å². The van der Waals surface area contributed by atoms with E-state index in [1.54, 1.807) is 0 Å². The van der Waals surface area contributed by atoms with Crippen molar-refractivity contribution in [2.75, 3.05) is 13.2 Å². The molecule has 0 saturated carbocycles. The summed E-state index contributed by atoms with van der Waals surface area (Å²) in [5, 5.41) is 1.24. The molecule has 2 aromatic heterocycles. The third-order valence-electron chi connectivity index (χ3n) is 5.94. The number of thiazole rings is 2. The maximum Gasteiger partial charge on any atom is 0.508 e. The Morgan fingerprint density at radius 3 is 1.43 bits per heavy atom. The molecule has 0 spiro atoms. The molecule has 0 atom stereocenters. The minimum absolute atomic E-state index is 0.00457. The Labute approximate surface area is 234 Å². The van der Waals surface area contributed by atoms with Crippen LogP contribution < -0.4 is 0 Å². The molecule has 2 heterocycles. The molecule has 216 valence electrons. The normalized spacial score (nSPS) is 13.2. The van der Waals surface area contributed by atoms with Crippen LogP contribution in [-0.4, -0.2) is 29.3 Å². The number of ether oxygens (including phenoxy) is 2. The highest BCUT2D eigenvalue weighted by Crippen LogP contribution is 2.36. The third-order valence-corrected chi connectivity index (χ3v) is 8.01. The first-order valence-electron chi connectivity index (χ1n) is 12.1. The summed E-state index contributed by atoms with van der Waals surface area (Å²) in [7, 11) is 0. The van der Waals surface area contributed by atoms with Crippen molar-refractivity contribution in [1.82, 2.24) is 9.97 Å². The Hall–Kier alpha value is -2.93. The Morgan fingerprint density at radius 1 is 0.700 bits per heavy atom. The van der Waals surface area contributed by atoms with Crippen LogP contribution in [0.4, 0.5) is 31.1 Å². The zero-order valence-corrected chi connectivity index (χ0v) is 23.6. The lowest BCUT2D eigenvalue weighted by Gasteiger charge is -2.25. The van der Waals surface area contributed by atoms with Crippen molar-refractivity contribution < 1.29 is 40.6 Å². The Kier molecular flexibility index (Phi) is 8.12. The molecule has 0 aliphatic rings. The number of carbonyl (C=O) groups is 1. The fourth-order valence-corrected chi connectivity index (χ4v) is 6.34. The van der Waals surface area contributed by atoms with Crippen molar-refractivity contribution >= 4 is 49.3 Å². The lowest BCUT2D eigenvalue weighted by Crippen LogP contribution is -2.28. The van der Waals surface area contributed by atoms with Gasteiger partial charge in [-0.1, -0.05) is 27.7 Å². The number of benzene rings is 2. The van der Waals surface area contributed by atoms with Crippen molar-refractivity contribution in [1.29, 1.82) is 0 Å². The van der Waals surface area contributed by atoms with E-state index in [1.807, 2.05) is 27.7 Å². The van der Waals surface area contributed by atoms with Crippen LogP contribution in [0, 0.1) is 10.8 Å². The Balaban J connectivity index is 1.29. The first-order chi connectivity index (χ1) is 18.4. The minimum atomic E-state index is -4.45. The molecule has 2 aromatic carbocycles. The monoisotopic (exact) mass is 604 g/mol. The van der Waals surface area contributed by atoms with Crippen LogP contribution in [-0.2, 0) is 34.7 Å². The molecule has 4 rings (SSSR count). The van der Waals surface area contributed by atoms with Gasteiger partial charge in [-0.2, -0.15) is 26.3 Å². The van der Waals surface area contributed by atoms with Gasteiger partial charge in [-0.15, -0.1) is 22.7 Å². The molecular weight excluding hydrogens is 578 g/mol. The highest BCUT2D eigenvalue weighted by Gasteiger charge is 2.32. The van der Waals surface area contributed by atoms with Gasteiger partial charge in [0.25, 0.3) is 0 Å². The van der Waals surface area contributed by atoms with Gasteiger partial charge in [-0.3, -0.25) is 0 Å². The number of hydrogen-bond donors (Lipinski definition) is 0. The summed E-state index contributed by atoms with van der Waals surface area (Å²) in [5.41, 5.74) is -2.12. The molecule has 0 fully saturated rings. The van der Waals surface area contributed by atoms with Crippen LogP contribution in [0.1, 0.15) is 48.8 Å². The van der Waals surface area contributed by atoms with E-state index in [4.69, 9.17) is 9.47 Å². The predicted molar refractivity (Wildman–Crippen MR) is 142 cm³/mol. The molecule has 40 heavy (non-hydrogen) atoms. The molecule has 0 aliphatic heterocycles. The number of alkyl halides is 6. The summed E-state index contributed by atoms with van der Waals surface area (Å²) in [6.45, 7) is 7.36. The zero-order valence-electron chi connectivity index (χ0n) is 22.0. The lowest BCUT2D eigenvalue weighted by molar-refractivity contribution is -0.138. The fraction of sp³-hybridized carbons (Fsp3) is 0.444. The molecule has 0 radical (unpaired) electrons. The number of halogens is 6. The van der Waals surface area contributed by atoms with E-state index >= 15 is 0 Å². The van der Waals surface area contributed by atoms with Crippen LogP contribution in [0.25, 0.3) is 20.4 Å². The molecule has 0 saturated heterocycles. The molecule has 0 amide bonds. The number of nitrogens with zero attached hydrogens (tertiary/aromatic N) is 2.